The Balaban J connectivity index is 1.89. The Morgan fingerprint density at radius 2 is 2.15 bits per heavy atom. The van der Waals surface area contributed by atoms with Gasteiger partial charge < -0.3 is 5.11 Å². The van der Waals surface area contributed by atoms with Gasteiger partial charge in [-0.25, -0.2) is 4.98 Å². The predicted molar refractivity (Wildman–Crippen MR) is 81.0 cm³/mol. The number of carboxylic acids is 1. The van der Waals surface area contributed by atoms with Crippen molar-refractivity contribution in [3.8, 4) is 0 Å². The number of piperidine rings is 1. The molecule has 4 nitrogen and oxygen atoms in total. The molecule has 0 atom stereocenters. The second kappa shape index (κ2) is 6.68. The van der Waals surface area contributed by atoms with Gasteiger partial charge in [-0.1, -0.05) is 13.8 Å². The minimum Gasteiger partial charge on any atom is -0.481 e. The van der Waals surface area contributed by atoms with Crippen molar-refractivity contribution in [1.82, 2.24) is 9.88 Å². The highest BCUT2D eigenvalue weighted by Crippen LogP contribution is 2.35. The molecule has 112 valence electrons. The second-order valence-electron chi connectivity index (χ2n) is 5.70. The van der Waals surface area contributed by atoms with E-state index < -0.39 is 11.4 Å². The molecule has 1 aromatic rings. The van der Waals surface area contributed by atoms with E-state index >= 15 is 0 Å². The maximum absolute atomic E-state index is 11.4. The smallest absolute Gasteiger partial charge is 0.309 e. The van der Waals surface area contributed by atoms with Gasteiger partial charge >= 0.3 is 5.97 Å². The van der Waals surface area contributed by atoms with E-state index in [-0.39, 0.29) is 0 Å². The van der Waals surface area contributed by atoms with Crippen LogP contribution in [0.4, 0.5) is 0 Å². The molecule has 1 N–H and O–H groups in total. The fourth-order valence-corrected chi connectivity index (χ4v) is 3.73. The zero-order valence-corrected chi connectivity index (χ0v) is 13.2. The molecule has 20 heavy (non-hydrogen) atoms. The van der Waals surface area contributed by atoms with Crippen LogP contribution < -0.4 is 0 Å². The zero-order chi connectivity index (χ0) is 14.6. The summed E-state index contributed by atoms with van der Waals surface area (Å²) < 4.78 is 0. The highest BCUT2D eigenvalue weighted by molar-refractivity contribution is 7.09. The van der Waals surface area contributed by atoms with E-state index in [1.54, 1.807) is 11.3 Å². The SMILES string of the molecule is CCCc1nc(CN2CCC(CC)(C(=O)O)CC2)cs1. The van der Waals surface area contributed by atoms with Gasteiger partial charge in [0, 0.05) is 11.9 Å². The molecular weight excluding hydrogens is 272 g/mol. The van der Waals surface area contributed by atoms with Crippen molar-refractivity contribution < 1.29 is 9.90 Å². The van der Waals surface area contributed by atoms with Gasteiger partial charge in [0.15, 0.2) is 0 Å². The number of hydrogen-bond donors (Lipinski definition) is 1. The van der Waals surface area contributed by atoms with Gasteiger partial charge in [0.2, 0.25) is 0 Å². The number of carbonyl (C=O) groups is 1. The molecule has 1 aliphatic rings. The molecule has 1 aliphatic heterocycles. The third-order valence-electron chi connectivity index (χ3n) is 4.39. The Bertz CT molecular complexity index is 450. The van der Waals surface area contributed by atoms with E-state index in [9.17, 15) is 9.90 Å². The molecule has 0 bridgehead atoms. The Kier molecular flexibility index (Phi) is 5.16. The van der Waals surface area contributed by atoms with Crippen molar-refractivity contribution in [2.24, 2.45) is 5.41 Å². The molecule has 1 aromatic heterocycles. The van der Waals surface area contributed by atoms with E-state index in [0.717, 1.165) is 57.4 Å². The van der Waals surface area contributed by atoms with E-state index in [2.05, 4.69) is 22.2 Å². The fourth-order valence-electron chi connectivity index (χ4n) is 2.84. The van der Waals surface area contributed by atoms with Crippen LogP contribution in [0.5, 0.6) is 0 Å². The van der Waals surface area contributed by atoms with Crippen LogP contribution in [-0.2, 0) is 17.8 Å². The lowest BCUT2D eigenvalue weighted by Crippen LogP contribution is -2.43. The maximum atomic E-state index is 11.4. The molecule has 5 heteroatoms. The van der Waals surface area contributed by atoms with Crippen LogP contribution in [0.1, 0.15) is 50.2 Å². The van der Waals surface area contributed by atoms with Gasteiger partial charge in [-0.3, -0.25) is 9.69 Å². The summed E-state index contributed by atoms with van der Waals surface area (Å²) in [4.78, 5) is 18.4. The lowest BCUT2D eigenvalue weighted by atomic mass is 9.76. The normalized spacial score (nSPS) is 19.1. The molecule has 1 fully saturated rings. The van der Waals surface area contributed by atoms with Crippen LogP contribution in [0.15, 0.2) is 5.38 Å². The molecule has 0 unspecified atom stereocenters. The number of thiazole rings is 1. The summed E-state index contributed by atoms with van der Waals surface area (Å²) >= 11 is 1.74. The number of nitrogens with zero attached hydrogens (tertiary/aromatic N) is 2. The van der Waals surface area contributed by atoms with Crippen molar-refractivity contribution in [1.29, 1.82) is 0 Å². The molecule has 0 aliphatic carbocycles. The summed E-state index contributed by atoms with van der Waals surface area (Å²) in [7, 11) is 0. The summed E-state index contributed by atoms with van der Waals surface area (Å²) in [6.45, 7) is 6.74. The third kappa shape index (κ3) is 3.38. The maximum Gasteiger partial charge on any atom is 0.309 e. The number of aliphatic carboxylic acids is 1. The summed E-state index contributed by atoms with van der Waals surface area (Å²) in [5.41, 5.74) is 0.643. The number of likely N-dealkylation sites (tertiary alicyclic amines) is 1. The Labute approximate surface area is 124 Å². The standard InChI is InChI=1S/C15H24N2O2S/c1-3-5-13-16-12(11-20-13)10-17-8-6-15(4-2,7-9-17)14(18)19/h11H,3-10H2,1-2H3,(H,18,19). The molecule has 0 radical (unpaired) electrons. The summed E-state index contributed by atoms with van der Waals surface area (Å²) in [5.74, 6) is -0.626. The van der Waals surface area contributed by atoms with Crippen LogP contribution in [-0.4, -0.2) is 34.0 Å². The van der Waals surface area contributed by atoms with Crippen LogP contribution >= 0.6 is 11.3 Å². The highest BCUT2D eigenvalue weighted by atomic mass is 32.1. The zero-order valence-electron chi connectivity index (χ0n) is 12.4. The van der Waals surface area contributed by atoms with Gasteiger partial charge in [-0.05, 0) is 45.2 Å². The number of rotatable bonds is 6. The molecule has 0 aromatic carbocycles. The molecule has 0 amide bonds. The highest BCUT2D eigenvalue weighted by Gasteiger charge is 2.39. The van der Waals surface area contributed by atoms with E-state index in [4.69, 9.17) is 0 Å². The lowest BCUT2D eigenvalue weighted by Gasteiger charge is -2.38. The van der Waals surface area contributed by atoms with Crippen molar-refractivity contribution >= 4 is 17.3 Å². The van der Waals surface area contributed by atoms with Crippen LogP contribution in [0.2, 0.25) is 0 Å². The lowest BCUT2D eigenvalue weighted by molar-refractivity contribution is -0.152. The van der Waals surface area contributed by atoms with Gasteiger partial charge in [-0.2, -0.15) is 0 Å². The van der Waals surface area contributed by atoms with Crippen LogP contribution in [0, 0.1) is 5.41 Å². The van der Waals surface area contributed by atoms with Crippen LogP contribution in [0.3, 0.4) is 0 Å². The molecule has 1 saturated heterocycles. The van der Waals surface area contributed by atoms with Crippen molar-refractivity contribution in [3.63, 3.8) is 0 Å². The number of aromatic nitrogens is 1. The average molecular weight is 296 g/mol. The van der Waals surface area contributed by atoms with Gasteiger partial charge in [-0.15, -0.1) is 11.3 Å². The first-order chi connectivity index (χ1) is 9.59. The third-order valence-corrected chi connectivity index (χ3v) is 5.35. The van der Waals surface area contributed by atoms with E-state index in [1.807, 2.05) is 6.92 Å². The Morgan fingerprint density at radius 1 is 1.45 bits per heavy atom. The number of hydrogen-bond acceptors (Lipinski definition) is 4. The molecule has 2 rings (SSSR count). The number of aryl methyl sites for hydroxylation is 1. The van der Waals surface area contributed by atoms with E-state index in [1.165, 1.54) is 5.01 Å². The average Bonchev–Trinajstić information content (AvgIpc) is 2.87. The minimum atomic E-state index is -0.626. The van der Waals surface area contributed by atoms with Crippen molar-refractivity contribution in [3.05, 3.63) is 16.1 Å². The monoisotopic (exact) mass is 296 g/mol. The first-order valence-corrected chi connectivity index (χ1v) is 8.36. The molecule has 0 spiro atoms. The molecule has 0 saturated carbocycles. The molecule has 2 heterocycles. The van der Waals surface area contributed by atoms with E-state index in [0.29, 0.717) is 0 Å². The topological polar surface area (TPSA) is 53.4 Å². The Morgan fingerprint density at radius 3 is 2.70 bits per heavy atom. The largest absolute Gasteiger partial charge is 0.481 e. The molecular formula is C15H24N2O2S. The second-order valence-corrected chi connectivity index (χ2v) is 6.64. The summed E-state index contributed by atoms with van der Waals surface area (Å²) in [6.07, 6.45) is 4.43. The first kappa shape index (κ1) is 15.4. The first-order valence-electron chi connectivity index (χ1n) is 7.48. The summed E-state index contributed by atoms with van der Waals surface area (Å²) in [6, 6.07) is 0. The quantitative estimate of drug-likeness (QED) is 0.876. The number of carboxylic acid groups (broad SMARTS) is 1. The van der Waals surface area contributed by atoms with Crippen LogP contribution in [0.25, 0.3) is 0 Å². The van der Waals surface area contributed by atoms with Gasteiger partial charge in [0.1, 0.15) is 0 Å². The fraction of sp³-hybridized carbons (Fsp3) is 0.733. The van der Waals surface area contributed by atoms with Crippen molar-refractivity contribution in [2.75, 3.05) is 13.1 Å². The minimum absolute atomic E-state index is 0.494. The van der Waals surface area contributed by atoms with Gasteiger partial charge in [0.05, 0.1) is 16.1 Å². The predicted octanol–water partition coefficient (Wildman–Crippen LogP) is 3.17. The Hall–Kier alpha value is -0.940. The summed E-state index contributed by atoms with van der Waals surface area (Å²) in [5, 5.41) is 12.8. The van der Waals surface area contributed by atoms with Gasteiger partial charge in [0.25, 0.3) is 0 Å². The van der Waals surface area contributed by atoms with Crippen molar-refractivity contribution in [2.45, 2.75) is 52.5 Å².